The molecule has 1 fully saturated rings. The summed E-state index contributed by atoms with van der Waals surface area (Å²) in [6.45, 7) is 2.21. The summed E-state index contributed by atoms with van der Waals surface area (Å²) in [5.74, 6) is 1.23. The number of nitrogens with two attached hydrogens (primary N) is 1. The summed E-state index contributed by atoms with van der Waals surface area (Å²) >= 11 is 1.62. The second-order valence-corrected chi connectivity index (χ2v) is 5.59. The van der Waals surface area contributed by atoms with E-state index in [-0.39, 0.29) is 5.56 Å². The van der Waals surface area contributed by atoms with Gasteiger partial charge >= 0.3 is 0 Å². The summed E-state index contributed by atoms with van der Waals surface area (Å²) in [4.78, 5) is 20.3. The Morgan fingerprint density at radius 1 is 1.50 bits per heavy atom. The molecule has 3 N–H and O–H groups in total. The van der Waals surface area contributed by atoms with Crippen molar-refractivity contribution in [3.05, 3.63) is 39.8 Å². The van der Waals surface area contributed by atoms with E-state index >= 15 is 0 Å². The minimum atomic E-state index is -0.0472. The molecule has 0 radical (unpaired) electrons. The lowest BCUT2D eigenvalue weighted by atomic mass is 9.99. The molecule has 0 aromatic carbocycles. The lowest BCUT2D eigenvalue weighted by Crippen LogP contribution is -2.86. The standard InChI is InChI=1S/C13H15N3OS/c17-12-7-10(11-4-2-6-18-11)15-13(16-12)9-3-1-5-14-8-9/h2,4,6-7,9,14H,1,3,5,8H2,(H,15,16,17)/p+1. The molecule has 5 heteroatoms. The summed E-state index contributed by atoms with van der Waals surface area (Å²) < 4.78 is 0. The Morgan fingerprint density at radius 2 is 2.44 bits per heavy atom. The number of thiophene rings is 1. The molecular formula is C13H16N3OS+. The zero-order valence-electron chi connectivity index (χ0n) is 10.1. The first kappa shape index (κ1) is 11.6. The SMILES string of the molecule is O=c1cc(-c2cccs2)nc(C2CCC[NH2+]C2)[nH]1. The molecule has 1 aliphatic heterocycles. The summed E-state index contributed by atoms with van der Waals surface area (Å²) in [6, 6.07) is 5.57. The average Bonchev–Trinajstić information content (AvgIpc) is 2.93. The van der Waals surface area contributed by atoms with Crippen molar-refractivity contribution in [1.29, 1.82) is 0 Å². The highest BCUT2D eigenvalue weighted by molar-refractivity contribution is 7.13. The molecule has 0 bridgehead atoms. The number of aromatic amines is 1. The molecule has 0 amide bonds. The van der Waals surface area contributed by atoms with Crippen LogP contribution in [-0.4, -0.2) is 23.1 Å². The van der Waals surface area contributed by atoms with Crippen LogP contribution in [0.1, 0.15) is 24.6 Å². The van der Waals surface area contributed by atoms with Gasteiger partial charge in [-0.1, -0.05) is 6.07 Å². The van der Waals surface area contributed by atoms with Crippen LogP contribution in [0.2, 0.25) is 0 Å². The van der Waals surface area contributed by atoms with Crippen molar-refractivity contribution in [3.63, 3.8) is 0 Å². The average molecular weight is 262 g/mol. The van der Waals surface area contributed by atoms with Gasteiger partial charge in [0.25, 0.3) is 5.56 Å². The Hall–Kier alpha value is -1.46. The molecule has 3 heterocycles. The van der Waals surface area contributed by atoms with Crippen molar-refractivity contribution in [2.45, 2.75) is 18.8 Å². The van der Waals surface area contributed by atoms with Crippen molar-refractivity contribution < 1.29 is 5.32 Å². The van der Waals surface area contributed by atoms with Crippen LogP contribution in [0.4, 0.5) is 0 Å². The molecule has 1 unspecified atom stereocenters. The fourth-order valence-corrected chi connectivity index (χ4v) is 3.10. The van der Waals surface area contributed by atoms with Gasteiger partial charge in [-0.2, -0.15) is 0 Å². The summed E-state index contributed by atoms with van der Waals surface area (Å²) in [5.41, 5.74) is 0.753. The highest BCUT2D eigenvalue weighted by atomic mass is 32.1. The summed E-state index contributed by atoms with van der Waals surface area (Å²) in [7, 11) is 0. The van der Waals surface area contributed by atoms with Gasteiger partial charge in [0.05, 0.1) is 29.6 Å². The van der Waals surface area contributed by atoms with Crippen LogP contribution in [0.5, 0.6) is 0 Å². The van der Waals surface area contributed by atoms with E-state index in [4.69, 9.17) is 0 Å². The molecule has 94 valence electrons. The molecule has 2 aromatic rings. The first-order valence-electron chi connectivity index (χ1n) is 6.30. The van der Waals surface area contributed by atoms with Gasteiger partial charge in [-0.15, -0.1) is 11.3 Å². The van der Waals surface area contributed by atoms with E-state index in [1.807, 2.05) is 17.5 Å². The van der Waals surface area contributed by atoms with Gasteiger partial charge in [0.1, 0.15) is 5.82 Å². The number of hydrogen-bond donors (Lipinski definition) is 2. The van der Waals surface area contributed by atoms with E-state index in [2.05, 4.69) is 15.3 Å². The fraction of sp³-hybridized carbons (Fsp3) is 0.385. The maximum atomic E-state index is 11.7. The van der Waals surface area contributed by atoms with Crippen LogP contribution >= 0.6 is 11.3 Å². The minimum absolute atomic E-state index is 0.0472. The van der Waals surface area contributed by atoms with Gasteiger partial charge in [-0.05, 0) is 24.3 Å². The number of rotatable bonds is 2. The third-order valence-electron chi connectivity index (χ3n) is 3.33. The van der Waals surface area contributed by atoms with Gasteiger partial charge < -0.3 is 10.3 Å². The Balaban J connectivity index is 1.98. The van der Waals surface area contributed by atoms with E-state index in [0.29, 0.717) is 5.92 Å². The van der Waals surface area contributed by atoms with Gasteiger partial charge in [-0.25, -0.2) is 4.98 Å². The van der Waals surface area contributed by atoms with Crippen LogP contribution in [0.25, 0.3) is 10.6 Å². The van der Waals surface area contributed by atoms with E-state index in [1.165, 1.54) is 13.0 Å². The van der Waals surface area contributed by atoms with Gasteiger partial charge in [0.2, 0.25) is 0 Å². The number of quaternary nitrogens is 1. The van der Waals surface area contributed by atoms with Crippen LogP contribution in [0.15, 0.2) is 28.4 Å². The largest absolute Gasteiger partial charge is 0.346 e. The van der Waals surface area contributed by atoms with Crippen molar-refractivity contribution in [2.24, 2.45) is 0 Å². The molecule has 0 saturated carbocycles. The van der Waals surface area contributed by atoms with E-state index in [9.17, 15) is 4.79 Å². The second kappa shape index (κ2) is 5.04. The lowest BCUT2D eigenvalue weighted by Gasteiger charge is -2.19. The quantitative estimate of drug-likeness (QED) is 0.846. The minimum Gasteiger partial charge on any atom is -0.346 e. The fourth-order valence-electron chi connectivity index (χ4n) is 2.41. The molecule has 4 nitrogen and oxygen atoms in total. The van der Waals surface area contributed by atoms with Crippen LogP contribution in [-0.2, 0) is 0 Å². The third-order valence-corrected chi connectivity index (χ3v) is 4.22. The van der Waals surface area contributed by atoms with E-state index in [0.717, 1.165) is 29.4 Å². The molecule has 1 saturated heterocycles. The van der Waals surface area contributed by atoms with Crippen LogP contribution in [0.3, 0.4) is 0 Å². The van der Waals surface area contributed by atoms with Crippen molar-refractivity contribution in [2.75, 3.05) is 13.1 Å². The van der Waals surface area contributed by atoms with Crippen LogP contribution < -0.4 is 10.9 Å². The zero-order chi connectivity index (χ0) is 12.4. The number of aromatic nitrogens is 2. The molecule has 2 aromatic heterocycles. The highest BCUT2D eigenvalue weighted by Crippen LogP contribution is 2.23. The smallest absolute Gasteiger partial charge is 0.251 e. The summed E-state index contributed by atoms with van der Waals surface area (Å²) in [6.07, 6.45) is 2.31. The van der Waals surface area contributed by atoms with Crippen molar-refractivity contribution >= 4 is 11.3 Å². The topological polar surface area (TPSA) is 62.4 Å². The highest BCUT2D eigenvalue weighted by Gasteiger charge is 2.20. The zero-order valence-corrected chi connectivity index (χ0v) is 10.9. The predicted molar refractivity (Wildman–Crippen MR) is 71.8 cm³/mol. The summed E-state index contributed by atoms with van der Waals surface area (Å²) in [5, 5.41) is 4.30. The Labute approximate surface area is 109 Å². The monoisotopic (exact) mass is 262 g/mol. The van der Waals surface area contributed by atoms with E-state index < -0.39 is 0 Å². The second-order valence-electron chi connectivity index (χ2n) is 4.65. The Morgan fingerprint density at radius 3 is 3.17 bits per heavy atom. The van der Waals surface area contributed by atoms with Crippen molar-refractivity contribution in [3.8, 4) is 10.6 Å². The maximum absolute atomic E-state index is 11.7. The molecular weight excluding hydrogens is 246 g/mol. The Kier molecular flexibility index (Phi) is 3.25. The third kappa shape index (κ3) is 2.37. The van der Waals surface area contributed by atoms with Crippen molar-refractivity contribution in [1.82, 2.24) is 9.97 Å². The van der Waals surface area contributed by atoms with Crippen LogP contribution in [0, 0.1) is 0 Å². The molecule has 1 atom stereocenters. The van der Waals surface area contributed by atoms with Gasteiger partial charge in [0.15, 0.2) is 0 Å². The molecule has 3 rings (SSSR count). The number of hydrogen-bond acceptors (Lipinski definition) is 3. The first-order chi connectivity index (χ1) is 8.83. The van der Waals surface area contributed by atoms with Gasteiger partial charge in [-0.3, -0.25) is 4.79 Å². The normalized spacial score (nSPS) is 19.9. The number of H-pyrrole nitrogens is 1. The molecule has 0 aliphatic carbocycles. The lowest BCUT2D eigenvalue weighted by molar-refractivity contribution is -0.665. The molecule has 1 aliphatic rings. The molecule has 18 heavy (non-hydrogen) atoms. The van der Waals surface area contributed by atoms with E-state index in [1.54, 1.807) is 17.4 Å². The number of nitrogens with zero attached hydrogens (tertiary/aromatic N) is 1. The maximum Gasteiger partial charge on any atom is 0.251 e. The number of piperidine rings is 1. The first-order valence-corrected chi connectivity index (χ1v) is 7.18. The number of nitrogens with one attached hydrogen (secondary N) is 1. The van der Waals surface area contributed by atoms with Gasteiger partial charge in [0, 0.05) is 6.07 Å². The molecule has 0 spiro atoms. The Bertz CT molecular complexity index is 570. The predicted octanol–water partition coefficient (Wildman–Crippen LogP) is 0.939.